The van der Waals surface area contributed by atoms with Crippen molar-refractivity contribution in [3.05, 3.63) is 29.0 Å². The van der Waals surface area contributed by atoms with Gasteiger partial charge in [0.1, 0.15) is 5.69 Å². The van der Waals surface area contributed by atoms with E-state index in [1.54, 1.807) is 19.2 Å². The molecule has 0 aliphatic rings. The third kappa shape index (κ3) is 5.63. The Bertz CT molecular complexity index is 343. The van der Waals surface area contributed by atoms with E-state index in [1.807, 2.05) is 0 Å². The van der Waals surface area contributed by atoms with Crippen molar-refractivity contribution in [2.75, 3.05) is 33.4 Å². The Morgan fingerprint density at radius 1 is 1.41 bits per heavy atom. The standard InChI is InChI=1S/C11H16ClN3O2/c1-17-7-6-13-4-5-14-11(16)10-3-2-9(12)8-15-10/h2-3,8,13H,4-7H2,1H3,(H,14,16). The number of amides is 1. The first-order valence-electron chi connectivity index (χ1n) is 5.33. The first kappa shape index (κ1) is 13.9. The van der Waals surface area contributed by atoms with Crippen LogP contribution in [0.2, 0.25) is 5.02 Å². The molecule has 0 radical (unpaired) electrons. The average Bonchev–Trinajstić information content (AvgIpc) is 2.34. The Kier molecular flexibility index (Phi) is 6.54. The summed E-state index contributed by atoms with van der Waals surface area (Å²) in [6, 6.07) is 3.23. The number of rotatable bonds is 7. The smallest absolute Gasteiger partial charge is 0.269 e. The second-order valence-electron chi connectivity index (χ2n) is 3.36. The lowest BCUT2D eigenvalue weighted by Gasteiger charge is -2.06. The Morgan fingerprint density at radius 3 is 2.88 bits per heavy atom. The van der Waals surface area contributed by atoms with E-state index in [0.29, 0.717) is 30.4 Å². The molecule has 0 fully saturated rings. The monoisotopic (exact) mass is 257 g/mol. The van der Waals surface area contributed by atoms with Crippen LogP contribution >= 0.6 is 11.6 Å². The molecule has 5 nitrogen and oxygen atoms in total. The van der Waals surface area contributed by atoms with Gasteiger partial charge in [-0.1, -0.05) is 11.6 Å². The number of nitrogens with one attached hydrogen (secondary N) is 2. The number of nitrogens with zero attached hydrogens (tertiary/aromatic N) is 1. The van der Waals surface area contributed by atoms with Gasteiger partial charge in [0.2, 0.25) is 0 Å². The molecule has 0 saturated carbocycles. The predicted octanol–water partition coefficient (Wildman–Crippen LogP) is 0.701. The van der Waals surface area contributed by atoms with E-state index < -0.39 is 0 Å². The molecular weight excluding hydrogens is 242 g/mol. The number of hydrogen-bond donors (Lipinski definition) is 2. The number of hydrogen-bond acceptors (Lipinski definition) is 4. The predicted molar refractivity (Wildman–Crippen MR) is 66.3 cm³/mol. The van der Waals surface area contributed by atoms with E-state index in [2.05, 4.69) is 15.6 Å². The molecular formula is C11H16ClN3O2. The Morgan fingerprint density at radius 2 is 2.24 bits per heavy atom. The van der Waals surface area contributed by atoms with E-state index in [0.717, 1.165) is 6.54 Å². The first-order valence-corrected chi connectivity index (χ1v) is 5.71. The molecule has 1 heterocycles. The summed E-state index contributed by atoms with van der Waals surface area (Å²) in [5, 5.41) is 6.38. The van der Waals surface area contributed by atoms with Gasteiger partial charge in [-0.05, 0) is 12.1 Å². The molecule has 0 bridgehead atoms. The van der Waals surface area contributed by atoms with Crippen molar-refractivity contribution in [2.45, 2.75) is 0 Å². The van der Waals surface area contributed by atoms with Gasteiger partial charge < -0.3 is 15.4 Å². The van der Waals surface area contributed by atoms with Crippen LogP contribution in [0.4, 0.5) is 0 Å². The summed E-state index contributed by atoms with van der Waals surface area (Å²) in [7, 11) is 1.65. The van der Waals surface area contributed by atoms with Crippen molar-refractivity contribution >= 4 is 17.5 Å². The van der Waals surface area contributed by atoms with Crippen molar-refractivity contribution in [1.29, 1.82) is 0 Å². The maximum absolute atomic E-state index is 11.6. The van der Waals surface area contributed by atoms with Gasteiger partial charge in [0, 0.05) is 32.9 Å². The Labute approximate surface area is 106 Å². The second kappa shape index (κ2) is 8.00. The molecule has 0 unspecified atom stereocenters. The minimum absolute atomic E-state index is 0.199. The molecule has 94 valence electrons. The van der Waals surface area contributed by atoms with E-state index in [4.69, 9.17) is 16.3 Å². The lowest BCUT2D eigenvalue weighted by atomic mass is 10.3. The summed E-state index contributed by atoms with van der Waals surface area (Å²) in [5.41, 5.74) is 0.367. The maximum atomic E-state index is 11.6. The van der Waals surface area contributed by atoms with E-state index >= 15 is 0 Å². The highest BCUT2D eigenvalue weighted by molar-refractivity contribution is 6.30. The molecule has 0 aliphatic carbocycles. The minimum atomic E-state index is -0.199. The number of halogens is 1. The fraction of sp³-hybridized carbons (Fsp3) is 0.455. The fourth-order valence-electron chi connectivity index (χ4n) is 1.16. The van der Waals surface area contributed by atoms with E-state index in [9.17, 15) is 4.79 Å². The summed E-state index contributed by atoms with van der Waals surface area (Å²) in [5.74, 6) is -0.199. The zero-order chi connectivity index (χ0) is 12.5. The molecule has 0 saturated heterocycles. The van der Waals surface area contributed by atoms with Crippen molar-refractivity contribution in [3.8, 4) is 0 Å². The lowest BCUT2D eigenvalue weighted by Crippen LogP contribution is -2.33. The molecule has 0 aromatic carbocycles. The van der Waals surface area contributed by atoms with Gasteiger partial charge in [-0.15, -0.1) is 0 Å². The molecule has 0 spiro atoms. The first-order chi connectivity index (χ1) is 8.24. The van der Waals surface area contributed by atoms with Gasteiger partial charge in [-0.25, -0.2) is 4.98 Å². The number of methoxy groups -OCH3 is 1. The van der Waals surface area contributed by atoms with Gasteiger partial charge in [0.15, 0.2) is 0 Å². The van der Waals surface area contributed by atoms with Crippen molar-refractivity contribution in [2.24, 2.45) is 0 Å². The van der Waals surface area contributed by atoms with Gasteiger partial charge in [0.25, 0.3) is 5.91 Å². The third-order valence-corrected chi connectivity index (χ3v) is 2.25. The molecule has 1 aromatic heterocycles. The largest absolute Gasteiger partial charge is 0.383 e. The summed E-state index contributed by atoms with van der Waals surface area (Å²) < 4.78 is 4.88. The van der Waals surface area contributed by atoms with Crippen molar-refractivity contribution in [1.82, 2.24) is 15.6 Å². The number of ether oxygens (including phenoxy) is 1. The van der Waals surface area contributed by atoms with Gasteiger partial charge in [-0.3, -0.25) is 4.79 Å². The summed E-state index contributed by atoms with van der Waals surface area (Å²) >= 11 is 5.68. The highest BCUT2D eigenvalue weighted by atomic mass is 35.5. The van der Waals surface area contributed by atoms with Crippen LogP contribution in [0, 0.1) is 0 Å². The van der Waals surface area contributed by atoms with Crippen LogP contribution in [-0.2, 0) is 4.74 Å². The van der Waals surface area contributed by atoms with Gasteiger partial charge in [0.05, 0.1) is 11.6 Å². The zero-order valence-electron chi connectivity index (χ0n) is 9.70. The molecule has 6 heteroatoms. The van der Waals surface area contributed by atoms with Crippen molar-refractivity contribution in [3.63, 3.8) is 0 Å². The van der Waals surface area contributed by atoms with Crippen LogP contribution in [0.5, 0.6) is 0 Å². The lowest BCUT2D eigenvalue weighted by molar-refractivity contribution is 0.0949. The normalized spacial score (nSPS) is 10.2. The van der Waals surface area contributed by atoms with Gasteiger partial charge in [-0.2, -0.15) is 0 Å². The zero-order valence-corrected chi connectivity index (χ0v) is 10.5. The van der Waals surface area contributed by atoms with Crippen LogP contribution in [0.3, 0.4) is 0 Å². The van der Waals surface area contributed by atoms with Crippen molar-refractivity contribution < 1.29 is 9.53 Å². The number of aromatic nitrogens is 1. The van der Waals surface area contributed by atoms with Crippen LogP contribution in [0.1, 0.15) is 10.5 Å². The van der Waals surface area contributed by atoms with E-state index in [1.165, 1.54) is 6.20 Å². The molecule has 0 atom stereocenters. The second-order valence-corrected chi connectivity index (χ2v) is 3.80. The summed E-state index contributed by atoms with van der Waals surface area (Å²) in [4.78, 5) is 15.5. The van der Waals surface area contributed by atoms with Crippen LogP contribution in [0.15, 0.2) is 18.3 Å². The van der Waals surface area contributed by atoms with Crippen LogP contribution in [-0.4, -0.2) is 44.2 Å². The molecule has 0 aliphatic heterocycles. The topological polar surface area (TPSA) is 63.2 Å². The van der Waals surface area contributed by atoms with Gasteiger partial charge >= 0.3 is 0 Å². The van der Waals surface area contributed by atoms with E-state index in [-0.39, 0.29) is 5.91 Å². The average molecular weight is 258 g/mol. The third-order valence-electron chi connectivity index (χ3n) is 2.03. The summed E-state index contributed by atoms with van der Waals surface area (Å²) in [6.45, 7) is 2.67. The fourth-order valence-corrected chi connectivity index (χ4v) is 1.28. The molecule has 2 N–H and O–H groups in total. The minimum Gasteiger partial charge on any atom is -0.383 e. The highest BCUT2D eigenvalue weighted by Gasteiger charge is 2.05. The number of carbonyl (C=O) groups is 1. The van der Waals surface area contributed by atoms with Crippen LogP contribution < -0.4 is 10.6 Å². The SMILES string of the molecule is COCCNCCNC(=O)c1ccc(Cl)cn1. The Balaban J connectivity index is 2.19. The quantitative estimate of drug-likeness (QED) is 0.706. The van der Waals surface area contributed by atoms with Crippen LogP contribution in [0.25, 0.3) is 0 Å². The molecule has 1 rings (SSSR count). The Hall–Kier alpha value is -1.17. The molecule has 1 aromatic rings. The number of carbonyl (C=O) groups excluding carboxylic acids is 1. The highest BCUT2D eigenvalue weighted by Crippen LogP contribution is 2.05. The molecule has 17 heavy (non-hydrogen) atoms. The maximum Gasteiger partial charge on any atom is 0.269 e. The summed E-state index contributed by atoms with van der Waals surface area (Å²) in [6.07, 6.45) is 1.45. The molecule has 1 amide bonds. The number of pyridine rings is 1.